The Bertz CT molecular complexity index is 570. The summed E-state index contributed by atoms with van der Waals surface area (Å²) >= 11 is 0. The molecule has 1 heterocycles. The van der Waals surface area contributed by atoms with Crippen LogP contribution in [0.15, 0.2) is 18.2 Å². The van der Waals surface area contributed by atoms with Crippen molar-refractivity contribution in [1.82, 2.24) is 0 Å². The highest BCUT2D eigenvalue weighted by Crippen LogP contribution is 2.47. The first-order valence-corrected chi connectivity index (χ1v) is 5.88. The topological polar surface area (TPSA) is 70.8 Å². The largest absolute Gasteiger partial charge is 0.586 e. The zero-order chi connectivity index (χ0) is 15.8. The normalized spacial score (nSPS) is 16.6. The lowest BCUT2D eigenvalue weighted by Crippen LogP contribution is -2.42. The highest BCUT2D eigenvalue weighted by atomic mass is 35.5. The second-order valence-electron chi connectivity index (χ2n) is 4.16. The summed E-state index contributed by atoms with van der Waals surface area (Å²) in [6.45, 7) is 1.07. The number of benzene rings is 1. The summed E-state index contributed by atoms with van der Waals surface area (Å²) in [5, 5.41) is 0. The number of hydrogen-bond donors (Lipinski definition) is 1. The van der Waals surface area contributed by atoms with Gasteiger partial charge in [0.15, 0.2) is 11.5 Å². The Morgan fingerprint density at radius 2 is 2.05 bits per heavy atom. The van der Waals surface area contributed by atoms with Crippen LogP contribution in [-0.4, -0.2) is 24.8 Å². The second-order valence-corrected chi connectivity index (χ2v) is 4.16. The van der Waals surface area contributed by atoms with Crippen LogP contribution >= 0.6 is 12.4 Å². The summed E-state index contributed by atoms with van der Waals surface area (Å²) in [5.41, 5.74) is 4.85. The first-order valence-electron chi connectivity index (χ1n) is 5.88. The molecule has 0 saturated carbocycles. The van der Waals surface area contributed by atoms with E-state index in [1.807, 2.05) is 0 Å². The number of alkyl halides is 4. The Balaban J connectivity index is 0.00000242. The maximum Gasteiger partial charge on any atom is 0.586 e. The van der Waals surface area contributed by atoms with Crippen LogP contribution in [0.25, 0.3) is 0 Å². The minimum absolute atomic E-state index is 0. The predicted molar refractivity (Wildman–Crippen MR) is 68.4 cm³/mol. The SMILES string of the molecule is CCOC(=O)C(F)(F)[C@H](N)c1cccc2c1OC(F)(F)O2.Cl. The van der Waals surface area contributed by atoms with E-state index in [0.717, 1.165) is 12.1 Å². The molecular weight excluding hydrogens is 334 g/mol. The van der Waals surface area contributed by atoms with Crippen molar-refractivity contribution in [2.75, 3.05) is 6.61 Å². The number of fused-ring (bicyclic) bond motifs is 1. The smallest absolute Gasteiger partial charge is 0.462 e. The molecule has 0 fully saturated rings. The number of nitrogens with two attached hydrogens (primary N) is 1. The van der Waals surface area contributed by atoms with Gasteiger partial charge in [-0.25, -0.2) is 4.79 Å². The van der Waals surface area contributed by atoms with Crippen molar-refractivity contribution in [3.05, 3.63) is 23.8 Å². The first kappa shape index (κ1) is 18.3. The van der Waals surface area contributed by atoms with Crippen LogP contribution in [0.4, 0.5) is 17.6 Å². The third-order valence-corrected chi connectivity index (χ3v) is 2.73. The molecule has 0 saturated heterocycles. The minimum atomic E-state index is -4.10. The minimum Gasteiger partial charge on any atom is -0.462 e. The Morgan fingerprint density at radius 1 is 1.41 bits per heavy atom. The van der Waals surface area contributed by atoms with E-state index < -0.39 is 41.3 Å². The Hall–Kier alpha value is -1.74. The highest BCUT2D eigenvalue weighted by molar-refractivity contribution is 5.85. The van der Waals surface area contributed by atoms with E-state index in [1.165, 1.54) is 13.0 Å². The van der Waals surface area contributed by atoms with Gasteiger partial charge in [-0.1, -0.05) is 12.1 Å². The van der Waals surface area contributed by atoms with Gasteiger partial charge in [0.2, 0.25) is 0 Å². The molecule has 0 bridgehead atoms. The van der Waals surface area contributed by atoms with E-state index in [0.29, 0.717) is 0 Å². The molecule has 0 unspecified atom stereocenters. The maximum atomic E-state index is 13.9. The molecule has 1 aromatic carbocycles. The van der Waals surface area contributed by atoms with Crippen molar-refractivity contribution in [2.45, 2.75) is 25.2 Å². The second kappa shape index (κ2) is 6.17. The first-order chi connectivity index (χ1) is 9.69. The van der Waals surface area contributed by atoms with Gasteiger partial charge in [-0.3, -0.25) is 0 Å². The standard InChI is InChI=1S/C12H11F4NO4.ClH/c1-2-19-10(18)11(13,14)9(17)6-4-3-5-7-8(6)21-12(15,16)20-7;/h3-5,9H,2,17H2,1H3;1H/t9-;/m1./s1. The number of ether oxygens (including phenoxy) is 3. The van der Waals surface area contributed by atoms with Gasteiger partial charge in [0, 0.05) is 5.56 Å². The van der Waals surface area contributed by atoms with Crippen molar-refractivity contribution in [1.29, 1.82) is 0 Å². The molecule has 10 heteroatoms. The van der Waals surface area contributed by atoms with Crippen LogP contribution in [0.1, 0.15) is 18.5 Å². The number of esters is 1. The summed E-state index contributed by atoms with van der Waals surface area (Å²) in [5.74, 6) is -7.01. The van der Waals surface area contributed by atoms with Crippen LogP contribution in [0.5, 0.6) is 11.5 Å². The average molecular weight is 346 g/mol. The Morgan fingerprint density at radius 3 is 2.64 bits per heavy atom. The average Bonchev–Trinajstić information content (AvgIpc) is 2.71. The van der Waals surface area contributed by atoms with Gasteiger partial charge in [-0.2, -0.15) is 8.78 Å². The molecule has 2 N–H and O–H groups in total. The number of rotatable bonds is 4. The zero-order valence-electron chi connectivity index (χ0n) is 11.1. The van der Waals surface area contributed by atoms with Gasteiger partial charge in [-0.05, 0) is 13.0 Å². The van der Waals surface area contributed by atoms with E-state index in [2.05, 4.69) is 14.2 Å². The van der Waals surface area contributed by atoms with Crippen LogP contribution in [0, 0.1) is 0 Å². The molecule has 0 spiro atoms. The highest BCUT2D eigenvalue weighted by Gasteiger charge is 2.51. The van der Waals surface area contributed by atoms with Gasteiger partial charge >= 0.3 is 18.2 Å². The number of carbonyl (C=O) groups is 1. The zero-order valence-corrected chi connectivity index (χ0v) is 12.0. The van der Waals surface area contributed by atoms with Gasteiger partial charge in [0.25, 0.3) is 0 Å². The molecule has 0 aromatic heterocycles. The lowest BCUT2D eigenvalue weighted by atomic mass is 10.00. The van der Waals surface area contributed by atoms with Gasteiger partial charge in [0.1, 0.15) is 6.04 Å². The summed E-state index contributed by atoms with van der Waals surface area (Å²) in [7, 11) is 0. The van der Waals surface area contributed by atoms with E-state index in [9.17, 15) is 22.4 Å². The molecule has 0 radical (unpaired) electrons. The molecule has 5 nitrogen and oxygen atoms in total. The van der Waals surface area contributed by atoms with Gasteiger partial charge in [-0.15, -0.1) is 21.2 Å². The summed E-state index contributed by atoms with van der Waals surface area (Å²) in [6.07, 6.45) is -3.97. The lowest BCUT2D eigenvalue weighted by Gasteiger charge is -2.22. The van der Waals surface area contributed by atoms with Crippen LogP contribution in [0.3, 0.4) is 0 Å². The Kier molecular flexibility index (Phi) is 5.14. The molecular formula is C12H12ClF4NO4. The fourth-order valence-corrected chi connectivity index (χ4v) is 1.78. The van der Waals surface area contributed by atoms with Crippen molar-refractivity contribution in [2.24, 2.45) is 5.73 Å². The molecule has 1 atom stereocenters. The molecule has 124 valence electrons. The molecule has 1 aliphatic rings. The third-order valence-electron chi connectivity index (χ3n) is 2.73. The number of hydrogen-bond acceptors (Lipinski definition) is 5. The van der Waals surface area contributed by atoms with Crippen molar-refractivity contribution in [3.8, 4) is 11.5 Å². The number of carbonyl (C=O) groups excluding carboxylic acids is 1. The van der Waals surface area contributed by atoms with Gasteiger partial charge in [0.05, 0.1) is 6.61 Å². The molecule has 1 aromatic rings. The lowest BCUT2D eigenvalue weighted by molar-refractivity contribution is -0.287. The maximum absolute atomic E-state index is 13.9. The fourth-order valence-electron chi connectivity index (χ4n) is 1.78. The van der Waals surface area contributed by atoms with Crippen molar-refractivity contribution in [3.63, 3.8) is 0 Å². The van der Waals surface area contributed by atoms with Crippen LogP contribution in [-0.2, 0) is 9.53 Å². The van der Waals surface area contributed by atoms with Crippen LogP contribution < -0.4 is 15.2 Å². The van der Waals surface area contributed by atoms with E-state index >= 15 is 0 Å². The molecule has 0 amide bonds. The summed E-state index contributed by atoms with van der Waals surface area (Å²) in [6, 6.07) is 1.11. The van der Waals surface area contributed by atoms with E-state index in [-0.39, 0.29) is 19.0 Å². The molecule has 2 rings (SSSR count). The quantitative estimate of drug-likeness (QED) is 0.671. The van der Waals surface area contributed by atoms with Crippen molar-refractivity contribution < 1.29 is 36.6 Å². The molecule has 0 aliphatic carbocycles. The predicted octanol–water partition coefficient (Wildman–Crippen LogP) is 2.63. The molecule has 1 aliphatic heterocycles. The van der Waals surface area contributed by atoms with Gasteiger partial charge < -0.3 is 19.9 Å². The van der Waals surface area contributed by atoms with Crippen molar-refractivity contribution >= 4 is 18.4 Å². The molecule has 22 heavy (non-hydrogen) atoms. The third kappa shape index (κ3) is 3.20. The summed E-state index contributed by atoms with van der Waals surface area (Å²) < 4.78 is 66.2. The summed E-state index contributed by atoms with van der Waals surface area (Å²) in [4.78, 5) is 11.2. The van der Waals surface area contributed by atoms with E-state index in [4.69, 9.17) is 5.73 Å². The monoisotopic (exact) mass is 345 g/mol. The number of halogens is 5. The number of para-hydroxylation sites is 1. The van der Waals surface area contributed by atoms with E-state index in [1.54, 1.807) is 0 Å². The fraction of sp³-hybridized carbons (Fsp3) is 0.417. The van der Waals surface area contributed by atoms with Crippen LogP contribution in [0.2, 0.25) is 0 Å². The Labute approximate surface area is 128 Å².